The van der Waals surface area contributed by atoms with Crippen LogP contribution < -0.4 is 15.0 Å². The molecule has 108 valence electrons. The van der Waals surface area contributed by atoms with Crippen LogP contribution in [0.2, 0.25) is 0 Å². The minimum Gasteiger partial charge on any atom is -0.491 e. The van der Waals surface area contributed by atoms with Gasteiger partial charge in [-0.15, -0.1) is 0 Å². The molecule has 1 aliphatic heterocycles. The van der Waals surface area contributed by atoms with Gasteiger partial charge in [-0.1, -0.05) is 12.1 Å². The Bertz CT molecular complexity index is 505. The van der Waals surface area contributed by atoms with Crippen LogP contribution in [-0.4, -0.2) is 48.0 Å². The number of anilines is 1. The van der Waals surface area contributed by atoms with Crippen LogP contribution in [0, 0.1) is 0 Å². The molecule has 20 heavy (non-hydrogen) atoms. The maximum atomic E-state index is 12.2. The summed E-state index contributed by atoms with van der Waals surface area (Å²) in [6.45, 7) is 0.247. The lowest BCUT2D eigenvalue weighted by Gasteiger charge is -2.23. The van der Waals surface area contributed by atoms with Crippen LogP contribution in [0.25, 0.3) is 0 Å². The summed E-state index contributed by atoms with van der Waals surface area (Å²) in [4.78, 5) is 24.4. The van der Waals surface area contributed by atoms with Gasteiger partial charge in [-0.05, 0) is 18.6 Å². The molecule has 1 heterocycles. The molecule has 2 rings (SSSR count). The summed E-state index contributed by atoms with van der Waals surface area (Å²) in [5.41, 5.74) is 0.588. The number of carbonyl (C=O) groups excluding carboxylic acids is 1. The third-order valence-corrected chi connectivity index (χ3v) is 2.96. The van der Waals surface area contributed by atoms with Crippen molar-refractivity contribution in [2.75, 3.05) is 24.7 Å². The second-order valence-electron chi connectivity index (χ2n) is 4.34. The number of fused-ring (bicyclic) bond motifs is 1. The van der Waals surface area contributed by atoms with E-state index in [1.807, 2.05) is 0 Å². The maximum Gasteiger partial charge on any atom is 0.328 e. The molecule has 7 nitrogen and oxygen atoms in total. The minimum absolute atomic E-state index is 0.417. The zero-order valence-electron chi connectivity index (χ0n) is 10.8. The van der Waals surface area contributed by atoms with Crippen molar-refractivity contribution >= 4 is 17.7 Å². The SMILES string of the molecule is O=C(O)[C@@H](CO)NC(=O)N1CCCOc2ccccc21. The molecule has 0 bridgehead atoms. The van der Waals surface area contributed by atoms with Crippen molar-refractivity contribution in [2.24, 2.45) is 0 Å². The molecule has 0 spiro atoms. The number of aliphatic carboxylic acids is 1. The maximum absolute atomic E-state index is 12.2. The summed E-state index contributed by atoms with van der Waals surface area (Å²) in [5.74, 6) is -0.698. The Hall–Kier alpha value is -2.28. The Balaban J connectivity index is 2.19. The smallest absolute Gasteiger partial charge is 0.328 e. The normalized spacial score (nSPS) is 15.6. The molecule has 0 fully saturated rings. The Kier molecular flexibility index (Phi) is 4.41. The van der Waals surface area contributed by atoms with E-state index in [1.165, 1.54) is 4.90 Å². The number of aliphatic hydroxyl groups is 1. The van der Waals surface area contributed by atoms with Gasteiger partial charge in [0.2, 0.25) is 0 Å². The van der Waals surface area contributed by atoms with Crippen molar-refractivity contribution in [3.05, 3.63) is 24.3 Å². The number of nitrogens with zero attached hydrogens (tertiary/aromatic N) is 1. The fourth-order valence-electron chi connectivity index (χ4n) is 1.95. The van der Waals surface area contributed by atoms with E-state index in [4.69, 9.17) is 14.9 Å². The van der Waals surface area contributed by atoms with Crippen LogP contribution >= 0.6 is 0 Å². The van der Waals surface area contributed by atoms with E-state index in [2.05, 4.69) is 5.32 Å². The second-order valence-corrected chi connectivity index (χ2v) is 4.34. The number of ether oxygens (including phenoxy) is 1. The van der Waals surface area contributed by atoms with Gasteiger partial charge in [-0.25, -0.2) is 9.59 Å². The molecule has 1 aromatic rings. The number of urea groups is 1. The molecule has 0 saturated heterocycles. The Labute approximate surface area is 115 Å². The fourth-order valence-corrected chi connectivity index (χ4v) is 1.95. The summed E-state index contributed by atoms with van der Waals surface area (Å²) in [7, 11) is 0. The van der Waals surface area contributed by atoms with E-state index >= 15 is 0 Å². The number of para-hydroxylation sites is 2. The number of amides is 2. The van der Waals surface area contributed by atoms with Crippen molar-refractivity contribution in [3.63, 3.8) is 0 Å². The highest BCUT2D eigenvalue weighted by Gasteiger charge is 2.26. The summed E-state index contributed by atoms with van der Waals surface area (Å²) < 4.78 is 5.52. The Morgan fingerprint density at radius 2 is 2.15 bits per heavy atom. The van der Waals surface area contributed by atoms with Gasteiger partial charge < -0.3 is 20.3 Å². The van der Waals surface area contributed by atoms with Crippen LogP contribution in [0.15, 0.2) is 24.3 Å². The topological polar surface area (TPSA) is 99.1 Å². The first-order chi connectivity index (χ1) is 9.63. The highest BCUT2D eigenvalue weighted by Crippen LogP contribution is 2.30. The predicted molar refractivity (Wildman–Crippen MR) is 70.9 cm³/mol. The van der Waals surface area contributed by atoms with Crippen molar-refractivity contribution < 1.29 is 24.5 Å². The number of aliphatic hydroxyl groups excluding tert-OH is 1. The van der Waals surface area contributed by atoms with Gasteiger partial charge in [0.1, 0.15) is 5.75 Å². The van der Waals surface area contributed by atoms with Gasteiger partial charge in [0, 0.05) is 6.54 Å². The van der Waals surface area contributed by atoms with Crippen LogP contribution in [0.3, 0.4) is 0 Å². The van der Waals surface area contributed by atoms with Gasteiger partial charge in [0.05, 0.1) is 18.9 Å². The molecule has 0 unspecified atom stereocenters. The standard InChI is InChI=1S/C13H16N2O5/c16-8-9(12(17)18)14-13(19)15-6-3-7-20-11-5-2-1-4-10(11)15/h1-2,4-5,9,16H,3,6-8H2,(H,14,19)(H,17,18)/t9-/m1/s1. The molecule has 0 aromatic heterocycles. The lowest BCUT2D eigenvalue weighted by atomic mass is 10.2. The third kappa shape index (κ3) is 3.00. The van der Waals surface area contributed by atoms with Gasteiger partial charge in [-0.3, -0.25) is 4.90 Å². The highest BCUT2D eigenvalue weighted by molar-refractivity contribution is 5.95. The van der Waals surface area contributed by atoms with Crippen molar-refractivity contribution in [3.8, 4) is 5.75 Å². The number of carboxylic acid groups (broad SMARTS) is 1. The summed E-state index contributed by atoms with van der Waals surface area (Å²) in [6.07, 6.45) is 0.638. The summed E-state index contributed by atoms with van der Waals surface area (Å²) >= 11 is 0. The van der Waals surface area contributed by atoms with Crippen LogP contribution in [-0.2, 0) is 4.79 Å². The van der Waals surface area contributed by atoms with E-state index in [0.717, 1.165) is 0 Å². The lowest BCUT2D eigenvalue weighted by molar-refractivity contribution is -0.140. The monoisotopic (exact) mass is 280 g/mol. The molecule has 3 N–H and O–H groups in total. The number of hydrogen-bond donors (Lipinski definition) is 3. The average molecular weight is 280 g/mol. The lowest BCUT2D eigenvalue weighted by Crippen LogP contribution is -2.49. The zero-order valence-corrected chi connectivity index (χ0v) is 10.8. The molecule has 0 saturated carbocycles. The summed E-state index contributed by atoms with van der Waals surface area (Å²) in [5, 5.41) is 20.1. The second kappa shape index (κ2) is 6.25. The number of benzene rings is 1. The molecular formula is C13H16N2O5. The van der Waals surface area contributed by atoms with Gasteiger partial charge in [-0.2, -0.15) is 0 Å². The molecule has 0 radical (unpaired) electrons. The number of rotatable bonds is 3. The average Bonchev–Trinajstić information content (AvgIpc) is 2.66. The number of carbonyl (C=O) groups is 2. The van der Waals surface area contributed by atoms with Gasteiger partial charge in [0.15, 0.2) is 6.04 Å². The molecule has 0 aliphatic carbocycles. The molecular weight excluding hydrogens is 264 g/mol. The first kappa shape index (κ1) is 14.1. The largest absolute Gasteiger partial charge is 0.491 e. The third-order valence-electron chi connectivity index (χ3n) is 2.96. The number of carboxylic acids is 1. The van der Waals surface area contributed by atoms with Crippen molar-refractivity contribution in [1.82, 2.24) is 5.32 Å². The van der Waals surface area contributed by atoms with Crippen molar-refractivity contribution in [2.45, 2.75) is 12.5 Å². The number of hydrogen-bond acceptors (Lipinski definition) is 4. The van der Waals surface area contributed by atoms with E-state index in [0.29, 0.717) is 31.0 Å². The van der Waals surface area contributed by atoms with Crippen molar-refractivity contribution in [1.29, 1.82) is 0 Å². The highest BCUT2D eigenvalue weighted by atomic mass is 16.5. The summed E-state index contributed by atoms with van der Waals surface area (Å²) in [6, 6.07) is 5.17. The van der Waals surface area contributed by atoms with Crippen LogP contribution in [0.1, 0.15) is 6.42 Å². The quantitative estimate of drug-likeness (QED) is 0.745. The Morgan fingerprint density at radius 1 is 1.40 bits per heavy atom. The van der Waals surface area contributed by atoms with E-state index in [-0.39, 0.29) is 0 Å². The van der Waals surface area contributed by atoms with E-state index in [9.17, 15) is 9.59 Å². The molecule has 1 atom stereocenters. The fraction of sp³-hybridized carbons (Fsp3) is 0.385. The molecule has 7 heteroatoms. The predicted octanol–water partition coefficient (Wildman–Crippen LogP) is 0.431. The minimum atomic E-state index is -1.32. The first-order valence-electron chi connectivity index (χ1n) is 6.27. The molecule has 1 aliphatic rings. The van der Waals surface area contributed by atoms with Gasteiger partial charge in [0.25, 0.3) is 0 Å². The zero-order chi connectivity index (χ0) is 14.5. The van der Waals surface area contributed by atoms with E-state index < -0.39 is 24.6 Å². The van der Waals surface area contributed by atoms with Gasteiger partial charge >= 0.3 is 12.0 Å². The number of nitrogens with one attached hydrogen (secondary N) is 1. The first-order valence-corrected chi connectivity index (χ1v) is 6.27. The molecule has 2 amide bonds. The van der Waals surface area contributed by atoms with E-state index in [1.54, 1.807) is 24.3 Å². The van der Waals surface area contributed by atoms with Crippen LogP contribution in [0.5, 0.6) is 5.75 Å². The molecule has 1 aromatic carbocycles. The Morgan fingerprint density at radius 3 is 2.85 bits per heavy atom. The van der Waals surface area contributed by atoms with Crippen LogP contribution in [0.4, 0.5) is 10.5 Å².